The molecule has 2 rings (SSSR count). The highest BCUT2D eigenvalue weighted by Crippen LogP contribution is 2.10. The number of imidazole rings is 1. The number of rotatable bonds is 8. The van der Waals surface area contributed by atoms with Crippen LogP contribution in [0.1, 0.15) is 44.6 Å². The molecule has 5 heteroatoms. The van der Waals surface area contributed by atoms with Gasteiger partial charge in [0, 0.05) is 25.5 Å². The highest BCUT2D eigenvalue weighted by atomic mass is 15.2. The highest BCUT2D eigenvalue weighted by molar-refractivity contribution is 5.79. The lowest BCUT2D eigenvalue weighted by molar-refractivity contribution is 0.503. The van der Waals surface area contributed by atoms with E-state index in [0.29, 0.717) is 19.0 Å². The number of nitrogens with one attached hydrogen (secondary N) is 2. The third-order valence-corrected chi connectivity index (χ3v) is 4.03. The van der Waals surface area contributed by atoms with Gasteiger partial charge in [-0.1, -0.05) is 45.0 Å². The van der Waals surface area contributed by atoms with Gasteiger partial charge in [0.2, 0.25) is 0 Å². The monoisotopic (exact) mass is 341 g/mol. The summed E-state index contributed by atoms with van der Waals surface area (Å²) in [6, 6.07) is 8.49. The third-order valence-electron chi connectivity index (χ3n) is 4.03. The van der Waals surface area contributed by atoms with Crippen LogP contribution in [0.15, 0.2) is 41.7 Å². The lowest BCUT2D eigenvalue weighted by atomic mass is 10.1. The van der Waals surface area contributed by atoms with E-state index in [1.54, 1.807) is 0 Å². The van der Waals surface area contributed by atoms with Gasteiger partial charge in [0.05, 0.1) is 13.1 Å². The van der Waals surface area contributed by atoms with Crippen molar-refractivity contribution in [2.24, 2.45) is 10.9 Å². The molecular weight excluding hydrogens is 310 g/mol. The minimum Gasteiger partial charge on any atom is -0.357 e. The van der Waals surface area contributed by atoms with E-state index in [1.165, 1.54) is 11.1 Å². The number of hydrogen-bond donors (Lipinski definition) is 2. The van der Waals surface area contributed by atoms with Crippen molar-refractivity contribution < 1.29 is 0 Å². The maximum Gasteiger partial charge on any atom is 0.191 e. The van der Waals surface area contributed by atoms with E-state index in [9.17, 15) is 0 Å². The van der Waals surface area contributed by atoms with Crippen LogP contribution >= 0.6 is 0 Å². The molecule has 0 radical (unpaired) electrons. The molecule has 0 unspecified atom stereocenters. The zero-order valence-electron chi connectivity index (χ0n) is 15.9. The predicted octanol–water partition coefficient (Wildman–Crippen LogP) is 3.36. The predicted molar refractivity (Wildman–Crippen MR) is 105 cm³/mol. The van der Waals surface area contributed by atoms with Gasteiger partial charge < -0.3 is 15.2 Å². The number of guanidine groups is 1. The molecule has 136 valence electrons. The lowest BCUT2D eigenvalue weighted by Crippen LogP contribution is -2.37. The van der Waals surface area contributed by atoms with Gasteiger partial charge in [-0.05, 0) is 30.4 Å². The Kier molecular flexibility index (Phi) is 7.51. The fraction of sp³-hybridized carbons (Fsp3) is 0.500. The molecule has 0 amide bonds. The van der Waals surface area contributed by atoms with Gasteiger partial charge in [-0.25, -0.2) is 9.98 Å². The number of benzene rings is 1. The Morgan fingerprint density at radius 1 is 1.16 bits per heavy atom. The van der Waals surface area contributed by atoms with Crippen molar-refractivity contribution >= 4 is 5.96 Å². The zero-order valence-corrected chi connectivity index (χ0v) is 15.9. The van der Waals surface area contributed by atoms with Gasteiger partial charge in [0.15, 0.2) is 5.96 Å². The van der Waals surface area contributed by atoms with E-state index < -0.39 is 0 Å². The van der Waals surface area contributed by atoms with Gasteiger partial charge in [-0.15, -0.1) is 0 Å². The van der Waals surface area contributed by atoms with Crippen molar-refractivity contribution in [3.05, 3.63) is 53.6 Å². The number of hydrogen-bond acceptors (Lipinski definition) is 2. The van der Waals surface area contributed by atoms with Gasteiger partial charge in [0.25, 0.3) is 0 Å². The topological polar surface area (TPSA) is 54.2 Å². The molecule has 1 heterocycles. The summed E-state index contributed by atoms with van der Waals surface area (Å²) in [5.41, 5.74) is 2.64. The number of nitrogens with zero attached hydrogens (tertiary/aromatic N) is 3. The second-order valence-corrected chi connectivity index (χ2v) is 6.56. The zero-order chi connectivity index (χ0) is 18.1. The summed E-state index contributed by atoms with van der Waals surface area (Å²) in [5, 5.41) is 6.71. The van der Waals surface area contributed by atoms with E-state index >= 15 is 0 Å². The molecule has 1 aromatic heterocycles. The Labute approximate surface area is 151 Å². The van der Waals surface area contributed by atoms with Crippen LogP contribution in [-0.2, 0) is 26.1 Å². The summed E-state index contributed by atoms with van der Waals surface area (Å²) in [6.45, 7) is 11.9. The van der Waals surface area contributed by atoms with Crippen LogP contribution in [0.3, 0.4) is 0 Å². The largest absolute Gasteiger partial charge is 0.357 e. The molecule has 0 bridgehead atoms. The van der Waals surface area contributed by atoms with Crippen molar-refractivity contribution in [1.29, 1.82) is 0 Å². The summed E-state index contributed by atoms with van der Waals surface area (Å²) in [6.07, 6.45) is 4.93. The number of aryl methyl sites for hydroxylation is 1. The Bertz CT molecular complexity index is 672. The molecule has 0 atom stereocenters. The first-order valence-corrected chi connectivity index (χ1v) is 9.23. The summed E-state index contributed by atoms with van der Waals surface area (Å²) in [4.78, 5) is 9.20. The fourth-order valence-electron chi connectivity index (χ4n) is 2.79. The second-order valence-electron chi connectivity index (χ2n) is 6.56. The van der Waals surface area contributed by atoms with Crippen LogP contribution in [0.5, 0.6) is 0 Å². The van der Waals surface area contributed by atoms with Crippen molar-refractivity contribution in [2.45, 2.75) is 53.8 Å². The van der Waals surface area contributed by atoms with Gasteiger partial charge in [0.1, 0.15) is 5.82 Å². The Morgan fingerprint density at radius 2 is 1.92 bits per heavy atom. The average Bonchev–Trinajstić information content (AvgIpc) is 3.04. The third kappa shape index (κ3) is 5.93. The van der Waals surface area contributed by atoms with Crippen LogP contribution in [0.25, 0.3) is 0 Å². The molecule has 0 aliphatic rings. The quantitative estimate of drug-likeness (QED) is 0.572. The second kappa shape index (κ2) is 9.87. The van der Waals surface area contributed by atoms with Crippen molar-refractivity contribution in [3.8, 4) is 0 Å². The molecule has 2 N–H and O–H groups in total. The Hall–Kier alpha value is -2.30. The van der Waals surface area contributed by atoms with Crippen LogP contribution in [0.2, 0.25) is 0 Å². The Morgan fingerprint density at radius 3 is 2.60 bits per heavy atom. The summed E-state index contributed by atoms with van der Waals surface area (Å²) in [7, 11) is 0. The van der Waals surface area contributed by atoms with E-state index in [0.717, 1.165) is 31.3 Å². The first-order valence-electron chi connectivity index (χ1n) is 9.23. The van der Waals surface area contributed by atoms with E-state index in [-0.39, 0.29) is 0 Å². The molecule has 0 saturated heterocycles. The summed E-state index contributed by atoms with van der Waals surface area (Å²) >= 11 is 0. The van der Waals surface area contributed by atoms with Gasteiger partial charge >= 0.3 is 0 Å². The average molecular weight is 342 g/mol. The van der Waals surface area contributed by atoms with Crippen molar-refractivity contribution in [2.75, 3.05) is 6.54 Å². The van der Waals surface area contributed by atoms with E-state index in [1.807, 2.05) is 12.4 Å². The summed E-state index contributed by atoms with van der Waals surface area (Å²) in [5.74, 6) is 2.46. The number of aromatic nitrogens is 2. The van der Waals surface area contributed by atoms with E-state index in [4.69, 9.17) is 4.99 Å². The molecule has 0 saturated carbocycles. The van der Waals surface area contributed by atoms with Crippen LogP contribution in [0.4, 0.5) is 0 Å². The molecule has 0 aliphatic carbocycles. The molecule has 1 aromatic carbocycles. The smallest absolute Gasteiger partial charge is 0.191 e. The number of aliphatic imine (C=N–C) groups is 1. The van der Waals surface area contributed by atoms with Crippen molar-refractivity contribution in [3.63, 3.8) is 0 Å². The van der Waals surface area contributed by atoms with Crippen LogP contribution in [-0.4, -0.2) is 22.1 Å². The first kappa shape index (κ1) is 19.0. The molecule has 25 heavy (non-hydrogen) atoms. The standard InChI is InChI=1S/C20H31N5/c1-5-17-9-7-8-10-18(17)13-23-20(21-6-2)24-14-19-22-11-12-25(19)15-16(3)4/h7-12,16H,5-6,13-15H2,1-4H3,(H2,21,23,24). The Balaban J connectivity index is 2.02. The normalized spacial score (nSPS) is 11.8. The molecule has 0 aliphatic heterocycles. The SMILES string of the molecule is CCNC(=NCc1ccccc1CC)NCc1nccn1CC(C)C. The minimum absolute atomic E-state index is 0.598. The van der Waals surface area contributed by atoms with Gasteiger partial charge in [-0.2, -0.15) is 0 Å². The van der Waals surface area contributed by atoms with Crippen molar-refractivity contribution in [1.82, 2.24) is 20.2 Å². The molecule has 0 spiro atoms. The molecule has 0 fully saturated rings. The van der Waals surface area contributed by atoms with Gasteiger partial charge in [-0.3, -0.25) is 0 Å². The minimum atomic E-state index is 0.598. The maximum atomic E-state index is 4.74. The lowest BCUT2D eigenvalue weighted by Gasteiger charge is -2.14. The maximum absolute atomic E-state index is 4.74. The molecular formula is C20H31N5. The van der Waals surface area contributed by atoms with E-state index in [2.05, 4.69) is 72.1 Å². The molecule has 2 aromatic rings. The van der Waals surface area contributed by atoms with Crippen LogP contribution < -0.4 is 10.6 Å². The fourth-order valence-corrected chi connectivity index (χ4v) is 2.79. The van der Waals surface area contributed by atoms with Crippen LogP contribution in [0, 0.1) is 5.92 Å². The first-order chi connectivity index (χ1) is 12.1. The molecule has 5 nitrogen and oxygen atoms in total. The highest BCUT2D eigenvalue weighted by Gasteiger charge is 2.06. The summed E-state index contributed by atoms with van der Waals surface area (Å²) < 4.78 is 2.20.